The summed E-state index contributed by atoms with van der Waals surface area (Å²) in [5.74, 6) is 0.707. The first kappa shape index (κ1) is 15.8. The molecule has 0 amide bonds. The maximum Gasteiger partial charge on any atom is 0.127 e. The Hall–Kier alpha value is -0.540. The van der Waals surface area contributed by atoms with Crippen LogP contribution in [0.25, 0.3) is 0 Å². The molecule has 3 atom stereocenters. The largest absolute Gasteiger partial charge is 0.327 e. The van der Waals surface area contributed by atoms with E-state index in [1.165, 1.54) is 25.7 Å². The van der Waals surface area contributed by atoms with E-state index in [0.717, 1.165) is 22.8 Å². The summed E-state index contributed by atoms with van der Waals surface area (Å²) >= 11 is 1.87. The molecule has 1 nitrogen and oxygen atoms in total. The van der Waals surface area contributed by atoms with E-state index in [1.807, 2.05) is 17.8 Å². The van der Waals surface area contributed by atoms with E-state index in [1.54, 1.807) is 6.07 Å². The molecular weight excluding hydrogens is 269 g/mol. The molecule has 112 valence electrons. The SMILES string of the molecule is CCC(N)Cc1c(F)cccc1SC1CCCC(C)C1. The van der Waals surface area contributed by atoms with Gasteiger partial charge in [-0.25, -0.2) is 4.39 Å². The van der Waals surface area contributed by atoms with Gasteiger partial charge in [-0.05, 0) is 43.7 Å². The molecule has 0 bridgehead atoms. The molecular formula is C17H26FNS. The topological polar surface area (TPSA) is 26.0 Å². The highest BCUT2D eigenvalue weighted by molar-refractivity contribution is 8.00. The van der Waals surface area contributed by atoms with Gasteiger partial charge in [0.15, 0.2) is 0 Å². The second-order valence-electron chi connectivity index (χ2n) is 6.10. The maximum atomic E-state index is 14.1. The van der Waals surface area contributed by atoms with Crippen molar-refractivity contribution < 1.29 is 4.39 Å². The summed E-state index contributed by atoms with van der Waals surface area (Å²) < 4.78 is 14.1. The van der Waals surface area contributed by atoms with Crippen molar-refractivity contribution in [2.75, 3.05) is 0 Å². The zero-order valence-corrected chi connectivity index (χ0v) is 13.4. The smallest absolute Gasteiger partial charge is 0.127 e. The standard InChI is InChI=1S/C17H26FNS/c1-3-13(19)11-15-16(18)8-5-9-17(15)20-14-7-4-6-12(2)10-14/h5,8-9,12-14H,3-4,6-7,10-11,19H2,1-2H3. The minimum atomic E-state index is -0.0947. The van der Waals surface area contributed by atoms with Crippen LogP contribution in [0.2, 0.25) is 0 Å². The Morgan fingerprint density at radius 1 is 1.40 bits per heavy atom. The molecule has 1 saturated carbocycles. The van der Waals surface area contributed by atoms with E-state index < -0.39 is 0 Å². The molecule has 20 heavy (non-hydrogen) atoms. The highest BCUT2D eigenvalue weighted by Gasteiger charge is 2.22. The number of hydrogen-bond donors (Lipinski definition) is 1. The molecule has 2 N–H and O–H groups in total. The molecule has 0 heterocycles. The minimum Gasteiger partial charge on any atom is -0.327 e. The van der Waals surface area contributed by atoms with Gasteiger partial charge < -0.3 is 5.73 Å². The van der Waals surface area contributed by atoms with Gasteiger partial charge in [0.25, 0.3) is 0 Å². The predicted octanol–water partition coefficient (Wildman–Crippen LogP) is 4.78. The van der Waals surface area contributed by atoms with Gasteiger partial charge >= 0.3 is 0 Å². The summed E-state index contributed by atoms with van der Waals surface area (Å²) in [6, 6.07) is 5.50. The average Bonchev–Trinajstić information content (AvgIpc) is 2.42. The molecule has 0 saturated heterocycles. The van der Waals surface area contributed by atoms with Gasteiger partial charge in [-0.1, -0.05) is 32.8 Å². The molecule has 0 spiro atoms. The van der Waals surface area contributed by atoms with E-state index in [9.17, 15) is 4.39 Å². The molecule has 1 aliphatic carbocycles. The van der Waals surface area contributed by atoms with Crippen molar-refractivity contribution in [3.63, 3.8) is 0 Å². The van der Waals surface area contributed by atoms with Crippen molar-refractivity contribution in [1.29, 1.82) is 0 Å². The van der Waals surface area contributed by atoms with Crippen LogP contribution in [0.15, 0.2) is 23.1 Å². The molecule has 3 heteroatoms. The lowest BCUT2D eigenvalue weighted by Gasteiger charge is -2.27. The highest BCUT2D eigenvalue weighted by atomic mass is 32.2. The summed E-state index contributed by atoms with van der Waals surface area (Å²) in [6.07, 6.45) is 6.68. The molecule has 2 rings (SSSR count). The van der Waals surface area contributed by atoms with E-state index in [-0.39, 0.29) is 11.9 Å². The summed E-state index contributed by atoms with van der Waals surface area (Å²) in [5.41, 5.74) is 6.85. The Bertz CT molecular complexity index is 435. The molecule has 0 aliphatic heterocycles. The van der Waals surface area contributed by atoms with Crippen LogP contribution in [0, 0.1) is 11.7 Å². The van der Waals surface area contributed by atoms with Crippen LogP contribution < -0.4 is 5.73 Å². The van der Waals surface area contributed by atoms with Gasteiger partial charge in [0.05, 0.1) is 0 Å². The molecule has 1 fully saturated rings. The van der Waals surface area contributed by atoms with Crippen LogP contribution in [0.5, 0.6) is 0 Å². The lowest BCUT2D eigenvalue weighted by molar-refractivity contribution is 0.394. The molecule has 0 aromatic heterocycles. The van der Waals surface area contributed by atoms with Gasteiger partial charge in [-0.15, -0.1) is 11.8 Å². The van der Waals surface area contributed by atoms with Crippen molar-refractivity contribution >= 4 is 11.8 Å². The first-order chi connectivity index (χ1) is 9.60. The van der Waals surface area contributed by atoms with Crippen molar-refractivity contribution in [1.82, 2.24) is 0 Å². The Balaban J connectivity index is 2.11. The van der Waals surface area contributed by atoms with Crippen molar-refractivity contribution in [2.24, 2.45) is 11.7 Å². The van der Waals surface area contributed by atoms with Crippen LogP contribution >= 0.6 is 11.8 Å². The van der Waals surface area contributed by atoms with Gasteiger partial charge in [-0.2, -0.15) is 0 Å². The molecule has 1 aliphatic rings. The van der Waals surface area contributed by atoms with Gasteiger partial charge in [0, 0.05) is 21.8 Å². The third-order valence-corrected chi connectivity index (χ3v) is 5.65. The zero-order valence-electron chi connectivity index (χ0n) is 12.6. The van der Waals surface area contributed by atoms with E-state index >= 15 is 0 Å². The van der Waals surface area contributed by atoms with Crippen molar-refractivity contribution in [2.45, 2.75) is 68.6 Å². The lowest BCUT2D eigenvalue weighted by atomic mass is 9.91. The van der Waals surface area contributed by atoms with Gasteiger partial charge in [-0.3, -0.25) is 0 Å². The fourth-order valence-corrected chi connectivity index (χ4v) is 4.47. The van der Waals surface area contributed by atoms with Crippen LogP contribution in [0.4, 0.5) is 4.39 Å². The number of rotatable bonds is 5. The monoisotopic (exact) mass is 295 g/mol. The molecule has 1 aromatic carbocycles. The van der Waals surface area contributed by atoms with E-state index in [4.69, 9.17) is 5.73 Å². The molecule has 3 unspecified atom stereocenters. The third-order valence-electron chi connectivity index (χ3n) is 4.25. The third kappa shape index (κ3) is 4.23. The Morgan fingerprint density at radius 2 is 2.20 bits per heavy atom. The average molecular weight is 295 g/mol. The van der Waals surface area contributed by atoms with Crippen LogP contribution in [-0.4, -0.2) is 11.3 Å². The maximum absolute atomic E-state index is 14.1. The fraction of sp³-hybridized carbons (Fsp3) is 0.647. The Morgan fingerprint density at radius 3 is 2.90 bits per heavy atom. The molecule has 0 radical (unpaired) electrons. The number of nitrogens with two attached hydrogens (primary N) is 1. The van der Waals surface area contributed by atoms with Gasteiger partial charge in [0.2, 0.25) is 0 Å². The second kappa shape index (κ2) is 7.46. The Labute approximate surface area is 126 Å². The lowest BCUT2D eigenvalue weighted by Crippen LogP contribution is -2.22. The quantitative estimate of drug-likeness (QED) is 0.846. The first-order valence-corrected chi connectivity index (χ1v) is 8.67. The van der Waals surface area contributed by atoms with Crippen molar-refractivity contribution in [3.8, 4) is 0 Å². The Kier molecular flexibility index (Phi) is 5.91. The summed E-state index contributed by atoms with van der Waals surface area (Å²) in [4.78, 5) is 1.10. The normalized spacial score (nSPS) is 24.6. The number of benzene rings is 1. The van der Waals surface area contributed by atoms with E-state index in [2.05, 4.69) is 19.9 Å². The van der Waals surface area contributed by atoms with Gasteiger partial charge in [0.1, 0.15) is 5.82 Å². The molecule has 1 aromatic rings. The van der Waals surface area contributed by atoms with Crippen LogP contribution in [0.3, 0.4) is 0 Å². The fourth-order valence-electron chi connectivity index (χ4n) is 2.92. The number of hydrogen-bond acceptors (Lipinski definition) is 2. The summed E-state index contributed by atoms with van der Waals surface area (Å²) in [7, 11) is 0. The van der Waals surface area contributed by atoms with Crippen LogP contribution in [-0.2, 0) is 6.42 Å². The van der Waals surface area contributed by atoms with E-state index in [0.29, 0.717) is 11.7 Å². The highest BCUT2D eigenvalue weighted by Crippen LogP contribution is 2.38. The number of halogens is 1. The van der Waals surface area contributed by atoms with Crippen molar-refractivity contribution in [3.05, 3.63) is 29.6 Å². The summed E-state index contributed by atoms with van der Waals surface area (Å²) in [6.45, 7) is 4.38. The second-order valence-corrected chi connectivity index (χ2v) is 7.44. The number of thioether (sulfide) groups is 1. The zero-order chi connectivity index (χ0) is 14.5. The minimum absolute atomic E-state index is 0.0523. The first-order valence-electron chi connectivity index (χ1n) is 7.79. The predicted molar refractivity (Wildman–Crippen MR) is 85.6 cm³/mol. The summed E-state index contributed by atoms with van der Waals surface area (Å²) in [5, 5.41) is 0.636. The van der Waals surface area contributed by atoms with Crippen LogP contribution in [0.1, 0.15) is 51.5 Å².